The third-order valence-electron chi connectivity index (χ3n) is 1.35. The van der Waals surface area contributed by atoms with Crippen molar-refractivity contribution in [2.75, 3.05) is 0 Å². The predicted octanol–water partition coefficient (Wildman–Crippen LogP) is 1.99. The van der Waals surface area contributed by atoms with Crippen LogP contribution in [-0.4, -0.2) is 11.2 Å². The molecule has 0 bridgehead atoms. The van der Waals surface area contributed by atoms with Crippen molar-refractivity contribution in [3.05, 3.63) is 29.8 Å². The number of carbonyl (C=O) groups excluding carboxylic acids is 2. The van der Waals surface area contributed by atoms with E-state index in [0.29, 0.717) is 0 Å². The van der Waals surface area contributed by atoms with Crippen LogP contribution in [0.2, 0.25) is 0 Å². The summed E-state index contributed by atoms with van der Waals surface area (Å²) in [6.45, 7) is 1.26. The van der Waals surface area contributed by atoms with Gasteiger partial charge in [-0.2, -0.15) is 0 Å². The SMILES string of the molecule is CC(=O)Oc1ccccc1[13C](=O)Cl. The summed E-state index contributed by atoms with van der Waals surface area (Å²) in [5, 5.41) is -0.642. The quantitative estimate of drug-likeness (QED) is 0.317. The van der Waals surface area contributed by atoms with E-state index >= 15 is 0 Å². The Kier molecular flexibility index (Phi) is 3.03. The maximum absolute atomic E-state index is 10.8. The second-order valence-electron chi connectivity index (χ2n) is 2.36. The molecular weight excluding hydrogens is 193 g/mol. The molecule has 1 aromatic rings. The van der Waals surface area contributed by atoms with Crippen molar-refractivity contribution in [3.8, 4) is 5.75 Å². The lowest BCUT2D eigenvalue weighted by atomic mass is 10.3. The number of para-hydroxylation sites is 1. The van der Waals surface area contributed by atoms with E-state index in [0.717, 1.165) is 0 Å². The smallest absolute Gasteiger partial charge is 0.308 e. The molecule has 0 aliphatic heterocycles. The summed E-state index contributed by atoms with van der Waals surface area (Å²) in [6.07, 6.45) is 0. The summed E-state index contributed by atoms with van der Waals surface area (Å²) in [4.78, 5) is 21.4. The van der Waals surface area contributed by atoms with Crippen molar-refractivity contribution in [1.29, 1.82) is 0 Å². The minimum atomic E-state index is -0.642. The molecule has 3 nitrogen and oxygen atoms in total. The zero-order valence-electron chi connectivity index (χ0n) is 6.91. The number of esters is 1. The van der Waals surface area contributed by atoms with E-state index in [-0.39, 0.29) is 11.3 Å². The Hall–Kier alpha value is -1.35. The molecule has 0 saturated carbocycles. The van der Waals surface area contributed by atoms with E-state index in [1.807, 2.05) is 0 Å². The Balaban J connectivity index is 3.04. The number of rotatable bonds is 2. The first-order valence-electron chi connectivity index (χ1n) is 3.58. The van der Waals surface area contributed by atoms with Crippen molar-refractivity contribution in [1.82, 2.24) is 0 Å². The summed E-state index contributed by atoms with van der Waals surface area (Å²) >= 11 is 5.26. The van der Waals surface area contributed by atoms with Crippen molar-refractivity contribution < 1.29 is 14.3 Å². The van der Waals surface area contributed by atoms with Gasteiger partial charge in [-0.3, -0.25) is 9.59 Å². The van der Waals surface area contributed by atoms with Crippen LogP contribution in [0.5, 0.6) is 5.75 Å². The molecule has 0 heterocycles. The third-order valence-corrected chi connectivity index (χ3v) is 1.56. The summed E-state index contributed by atoms with van der Waals surface area (Å²) in [7, 11) is 0. The topological polar surface area (TPSA) is 43.4 Å². The van der Waals surface area contributed by atoms with Crippen molar-refractivity contribution in [2.24, 2.45) is 0 Å². The fourth-order valence-corrected chi connectivity index (χ4v) is 1.03. The molecule has 1 rings (SSSR count). The van der Waals surface area contributed by atoms with Gasteiger partial charge in [-0.1, -0.05) is 12.1 Å². The first-order valence-corrected chi connectivity index (χ1v) is 3.96. The Morgan fingerprint density at radius 3 is 2.46 bits per heavy atom. The van der Waals surface area contributed by atoms with Crippen LogP contribution in [0.3, 0.4) is 0 Å². The average Bonchev–Trinajstić information content (AvgIpc) is 2.03. The lowest BCUT2D eigenvalue weighted by Gasteiger charge is -2.03. The molecule has 1 aromatic carbocycles. The van der Waals surface area contributed by atoms with Gasteiger partial charge in [0.1, 0.15) is 5.75 Å². The standard InChI is InChI=1S/C9H7ClO3/c1-6(11)13-8-5-3-2-4-7(8)9(10)12/h2-5H,1H3/i9+1. The maximum atomic E-state index is 10.8. The molecule has 68 valence electrons. The Morgan fingerprint density at radius 1 is 1.31 bits per heavy atom. The molecule has 0 amide bonds. The van der Waals surface area contributed by atoms with Gasteiger partial charge in [0.05, 0.1) is 5.56 Å². The van der Waals surface area contributed by atoms with Crippen LogP contribution in [0.25, 0.3) is 0 Å². The van der Waals surface area contributed by atoms with E-state index in [2.05, 4.69) is 0 Å². The zero-order valence-corrected chi connectivity index (χ0v) is 7.67. The van der Waals surface area contributed by atoms with Crippen LogP contribution in [0, 0.1) is 0 Å². The van der Waals surface area contributed by atoms with E-state index in [1.165, 1.54) is 19.1 Å². The van der Waals surface area contributed by atoms with Crippen molar-refractivity contribution >= 4 is 22.8 Å². The van der Waals surface area contributed by atoms with Crippen LogP contribution >= 0.6 is 11.6 Å². The molecule has 0 spiro atoms. The molecule has 0 aliphatic carbocycles. The lowest BCUT2D eigenvalue weighted by Crippen LogP contribution is -2.04. The summed E-state index contributed by atoms with van der Waals surface area (Å²) < 4.78 is 4.76. The third kappa shape index (κ3) is 2.56. The summed E-state index contributed by atoms with van der Waals surface area (Å²) in [6, 6.07) is 6.30. The van der Waals surface area contributed by atoms with Crippen LogP contribution in [0.4, 0.5) is 0 Å². The number of ether oxygens (including phenoxy) is 1. The van der Waals surface area contributed by atoms with Gasteiger partial charge in [-0.25, -0.2) is 0 Å². The predicted molar refractivity (Wildman–Crippen MR) is 47.9 cm³/mol. The monoisotopic (exact) mass is 199 g/mol. The number of hydrogen-bond donors (Lipinski definition) is 0. The highest BCUT2D eigenvalue weighted by Gasteiger charge is 2.10. The number of benzene rings is 1. The normalized spacial score (nSPS) is 9.38. The maximum Gasteiger partial charge on any atom is 0.308 e. The highest BCUT2D eigenvalue weighted by Crippen LogP contribution is 2.19. The van der Waals surface area contributed by atoms with Gasteiger partial charge in [0.25, 0.3) is 5.24 Å². The average molecular weight is 200 g/mol. The van der Waals surface area contributed by atoms with E-state index in [4.69, 9.17) is 16.3 Å². The van der Waals surface area contributed by atoms with Crippen LogP contribution in [0.15, 0.2) is 24.3 Å². The van der Waals surface area contributed by atoms with Gasteiger partial charge >= 0.3 is 5.97 Å². The van der Waals surface area contributed by atoms with Gasteiger partial charge in [0, 0.05) is 6.92 Å². The molecule has 0 aromatic heterocycles. The number of carbonyl (C=O) groups is 2. The largest absolute Gasteiger partial charge is 0.426 e. The van der Waals surface area contributed by atoms with Crippen molar-refractivity contribution in [3.63, 3.8) is 0 Å². The molecule has 0 unspecified atom stereocenters. The molecule has 0 fully saturated rings. The molecule has 4 heteroatoms. The molecule has 13 heavy (non-hydrogen) atoms. The Labute approximate surface area is 80.3 Å². The second-order valence-corrected chi connectivity index (χ2v) is 2.71. The second kappa shape index (κ2) is 4.05. The highest BCUT2D eigenvalue weighted by atomic mass is 35.5. The Bertz CT molecular complexity index is 346. The minimum Gasteiger partial charge on any atom is -0.426 e. The van der Waals surface area contributed by atoms with Gasteiger partial charge in [-0.15, -0.1) is 0 Å². The molecule has 0 atom stereocenters. The Morgan fingerprint density at radius 2 is 1.92 bits per heavy atom. The highest BCUT2D eigenvalue weighted by molar-refractivity contribution is 6.68. The zero-order chi connectivity index (χ0) is 9.84. The van der Waals surface area contributed by atoms with Crippen LogP contribution in [-0.2, 0) is 4.79 Å². The van der Waals surface area contributed by atoms with Crippen LogP contribution in [0.1, 0.15) is 17.3 Å². The molecule has 0 N–H and O–H groups in total. The van der Waals surface area contributed by atoms with Crippen LogP contribution < -0.4 is 4.74 Å². The summed E-state index contributed by atoms with van der Waals surface area (Å²) in [5.41, 5.74) is 0.194. The first-order chi connectivity index (χ1) is 6.11. The number of halogens is 1. The van der Waals surface area contributed by atoms with Gasteiger partial charge < -0.3 is 4.74 Å². The molecule has 0 aliphatic rings. The lowest BCUT2D eigenvalue weighted by molar-refractivity contribution is -0.131. The van der Waals surface area contributed by atoms with Gasteiger partial charge in [0.2, 0.25) is 0 Å². The molecule has 0 radical (unpaired) electrons. The van der Waals surface area contributed by atoms with Gasteiger partial charge in [-0.05, 0) is 23.7 Å². The molecule has 0 saturated heterocycles. The summed E-state index contributed by atoms with van der Waals surface area (Å²) in [5.74, 6) is -0.291. The minimum absolute atomic E-state index is 0.190. The van der Waals surface area contributed by atoms with Crippen molar-refractivity contribution in [2.45, 2.75) is 6.92 Å². The molecular formula is C9H7ClO3. The van der Waals surface area contributed by atoms with E-state index < -0.39 is 11.2 Å². The van der Waals surface area contributed by atoms with E-state index in [9.17, 15) is 9.59 Å². The fourth-order valence-electron chi connectivity index (χ4n) is 0.873. The van der Waals surface area contributed by atoms with Gasteiger partial charge in [0.15, 0.2) is 0 Å². The van der Waals surface area contributed by atoms with E-state index in [1.54, 1.807) is 12.1 Å². The first kappa shape index (κ1) is 9.74. The number of hydrogen-bond acceptors (Lipinski definition) is 3. The fraction of sp³-hybridized carbons (Fsp3) is 0.111.